The van der Waals surface area contributed by atoms with Crippen LogP contribution in [0.25, 0.3) is 25.9 Å². The van der Waals surface area contributed by atoms with Gasteiger partial charge in [0.05, 0.1) is 30.2 Å². The van der Waals surface area contributed by atoms with Gasteiger partial charge in [-0.05, 0) is 61.9 Å². The number of benzene rings is 2. The molecule has 0 bridgehead atoms. The summed E-state index contributed by atoms with van der Waals surface area (Å²) in [6, 6.07) is 12.1. The van der Waals surface area contributed by atoms with Gasteiger partial charge >= 0.3 is 0 Å². The summed E-state index contributed by atoms with van der Waals surface area (Å²) >= 11 is 1.62. The highest BCUT2D eigenvalue weighted by molar-refractivity contribution is 7.18. The fraction of sp³-hybridized carbons (Fsp3) is 0.393. The van der Waals surface area contributed by atoms with E-state index in [4.69, 9.17) is 11.3 Å². The van der Waals surface area contributed by atoms with E-state index in [1.54, 1.807) is 16.2 Å². The number of nitrogens with one attached hydrogen (secondary N) is 1. The van der Waals surface area contributed by atoms with Gasteiger partial charge in [-0.3, -0.25) is 4.79 Å². The minimum absolute atomic E-state index is 0.00698. The summed E-state index contributed by atoms with van der Waals surface area (Å²) in [4.78, 5) is 23.7. The van der Waals surface area contributed by atoms with Crippen LogP contribution in [0.3, 0.4) is 0 Å². The molecule has 2 N–H and O–H groups in total. The maximum Gasteiger partial charge on any atom is 0.236 e. The molecule has 8 heteroatoms. The first-order chi connectivity index (χ1) is 17.4. The van der Waals surface area contributed by atoms with Crippen LogP contribution in [0.1, 0.15) is 43.9 Å². The van der Waals surface area contributed by atoms with Gasteiger partial charge in [0.2, 0.25) is 11.6 Å². The Balaban J connectivity index is 1.32. The number of aliphatic hydroxyl groups excluding tert-OH is 1. The van der Waals surface area contributed by atoms with Crippen molar-refractivity contribution in [2.75, 3.05) is 19.6 Å². The summed E-state index contributed by atoms with van der Waals surface area (Å²) in [7, 11) is 0. The highest BCUT2D eigenvalue weighted by Crippen LogP contribution is 2.42. The van der Waals surface area contributed by atoms with E-state index in [1.807, 2.05) is 38.2 Å². The molecular formula is C28H30N4O3S. The van der Waals surface area contributed by atoms with E-state index < -0.39 is 6.10 Å². The summed E-state index contributed by atoms with van der Waals surface area (Å²) in [5.74, 6) is 0.645. The summed E-state index contributed by atoms with van der Waals surface area (Å²) in [5.41, 5.74) is 5.12. The van der Waals surface area contributed by atoms with Gasteiger partial charge < -0.3 is 20.1 Å². The van der Waals surface area contributed by atoms with Crippen LogP contribution in [0.5, 0.6) is 5.75 Å². The van der Waals surface area contributed by atoms with E-state index in [9.17, 15) is 9.90 Å². The average Bonchev–Trinajstić information content (AvgIpc) is 3.62. The lowest BCUT2D eigenvalue weighted by molar-refractivity contribution is -0.129. The molecule has 2 aliphatic rings. The van der Waals surface area contributed by atoms with E-state index in [0.29, 0.717) is 30.9 Å². The van der Waals surface area contributed by atoms with Gasteiger partial charge in [-0.2, -0.15) is 0 Å². The Bertz CT molecular complexity index is 1310. The van der Waals surface area contributed by atoms with Crippen molar-refractivity contribution in [2.45, 2.75) is 51.4 Å². The number of aliphatic hydroxyl groups is 1. The van der Waals surface area contributed by atoms with Crippen molar-refractivity contribution in [2.24, 2.45) is 0 Å². The van der Waals surface area contributed by atoms with Crippen molar-refractivity contribution in [3.63, 3.8) is 0 Å². The number of ether oxygens (including phenoxy) is 1. The van der Waals surface area contributed by atoms with Crippen LogP contribution in [0, 0.1) is 6.57 Å². The molecule has 7 nitrogen and oxygen atoms in total. The topological polar surface area (TPSA) is 79.1 Å². The first-order valence-electron chi connectivity index (χ1n) is 12.4. The Labute approximate surface area is 215 Å². The van der Waals surface area contributed by atoms with E-state index in [1.165, 1.54) is 16.7 Å². The van der Waals surface area contributed by atoms with Crippen molar-refractivity contribution in [1.29, 1.82) is 0 Å². The Morgan fingerprint density at radius 2 is 2.19 bits per heavy atom. The molecule has 2 heterocycles. The molecule has 1 amide bonds. The summed E-state index contributed by atoms with van der Waals surface area (Å²) in [6.45, 7) is 12.8. The third-order valence-corrected chi connectivity index (χ3v) is 7.83. The number of carbonyl (C=O) groups is 1. The first-order valence-corrected chi connectivity index (χ1v) is 13.2. The van der Waals surface area contributed by atoms with Crippen molar-refractivity contribution < 1.29 is 14.6 Å². The molecule has 1 fully saturated rings. The SMILES string of the molecule is [C-]#[N+]c1cc(-c2ncc(-c3cccc4c3CC[C@@H]4NCC(=O)N3CC[C@H](O)C3)s2)ccc1OC(C)C. The molecule has 1 aliphatic carbocycles. The third-order valence-electron chi connectivity index (χ3n) is 6.75. The van der Waals surface area contributed by atoms with Gasteiger partial charge in [0.1, 0.15) is 10.8 Å². The summed E-state index contributed by atoms with van der Waals surface area (Å²) in [5, 5.41) is 14.0. The lowest BCUT2D eigenvalue weighted by atomic mass is 10.0. The van der Waals surface area contributed by atoms with E-state index in [2.05, 4.69) is 33.3 Å². The monoisotopic (exact) mass is 502 g/mol. The smallest absolute Gasteiger partial charge is 0.236 e. The van der Waals surface area contributed by atoms with Crippen LogP contribution in [0.2, 0.25) is 0 Å². The van der Waals surface area contributed by atoms with Crippen LogP contribution < -0.4 is 10.1 Å². The Morgan fingerprint density at radius 1 is 1.33 bits per heavy atom. The molecule has 1 aromatic heterocycles. The normalized spacial score (nSPS) is 18.9. The van der Waals surface area contributed by atoms with Crippen molar-refractivity contribution in [3.8, 4) is 26.8 Å². The van der Waals surface area contributed by atoms with Crippen molar-refractivity contribution in [3.05, 3.63) is 65.1 Å². The number of rotatable bonds is 7. The highest BCUT2D eigenvalue weighted by Gasteiger charge is 2.28. The standard InChI is InChI=1S/C28H30N4O3S/c1-17(2)35-25-10-7-18(13-24(25)29-3)28-31-14-26(36-28)22-6-4-5-21-20(22)8-9-23(21)30-15-27(34)32-12-11-19(33)16-32/h4-7,10,13-14,17,19,23,30,33H,8-9,11-12,15-16H2,1-2H3/t19-,23-/m0/s1. The van der Waals surface area contributed by atoms with Gasteiger partial charge in [0.25, 0.3) is 0 Å². The van der Waals surface area contributed by atoms with Crippen LogP contribution in [-0.2, 0) is 11.2 Å². The molecule has 0 spiro atoms. The Kier molecular flexibility index (Phi) is 7.06. The van der Waals surface area contributed by atoms with Crippen LogP contribution in [0.15, 0.2) is 42.6 Å². The van der Waals surface area contributed by atoms with Gasteiger partial charge in [-0.1, -0.05) is 24.3 Å². The summed E-state index contributed by atoms with van der Waals surface area (Å²) in [6.07, 6.45) is 4.07. The number of thiazole rings is 1. The molecule has 3 aromatic rings. The van der Waals surface area contributed by atoms with Gasteiger partial charge in [-0.25, -0.2) is 9.83 Å². The quantitative estimate of drug-likeness (QED) is 0.445. The van der Waals surface area contributed by atoms with E-state index in [0.717, 1.165) is 28.3 Å². The minimum Gasteiger partial charge on any atom is -0.502 e. The minimum atomic E-state index is -0.396. The predicted molar refractivity (Wildman–Crippen MR) is 141 cm³/mol. The molecule has 1 aliphatic heterocycles. The van der Waals surface area contributed by atoms with Crippen molar-refractivity contribution >= 4 is 22.9 Å². The molecule has 36 heavy (non-hydrogen) atoms. The fourth-order valence-electron chi connectivity index (χ4n) is 5.01. The number of β-amino-alcohol motifs (C(OH)–C–C–N with tert-alkyl or cyclic N) is 1. The van der Waals surface area contributed by atoms with Crippen LogP contribution in [0.4, 0.5) is 5.69 Å². The molecule has 186 valence electrons. The molecule has 0 saturated carbocycles. The Morgan fingerprint density at radius 3 is 2.94 bits per heavy atom. The molecule has 0 radical (unpaired) electrons. The molecule has 2 atom stereocenters. The second-order valence-corrected chi connectivity index (χ2v) is 10.6. The van der Waals surface area contributed by atoms with Gasteiger partial charge in [0.15, 0.2) is 0 Å². The number of nitrogens with zero attached hydrogens (tertiary/aromatic N) is 3. The van der Waals surface area contributed by atoms with Gasteiger partial charge in [0, 0.05) is 30.9 Å². The zero-order chi connectivity index (χ0) is 25.2. The van der Waals surface area contributed by atoms with Crippen molar-refractivity contribution in [1.82, 2.24) is 15.2 Å². The molecule has 2 aromatic carbocycles. The largest absolute Gasteiger partial charge is 0.502 e. The first kappa shape index (κ1) is 24.4. The number of likely N-dealkylation sites (tertiary alicyclic amines) is 1. The second kappa shape index (κ2) is 10.4. The predicted octanol–water partition coefficient (Wildman–Crippen LogP) is 4.99. The number of amides is 1. The van der Waals surface area contributed by atoms with Crippen LogP contribution in [-0.4, -0.2) is 52.7 Å². The second-order valence-electron chi connectivity index (χ2n) is 9.62. The fourth-order valence-corrected chi connectivity index (χ4v) is 5.98. The third kappa shape index (κ3) is 5.00. The molecular weight excluding hydrogens is 472 g/mol. The molecule has 5 rings (SSSR count). The van der Waals surface area contributed by atoms with Gasteiger partial charge in [-0.15, -0.1) is 11.3 Å². The highest BCUT2D eigenvalue weighted by atomic mass is 32.1. The maximum atomic E-state index is 12.5. The summed E-state index contributed by atoms with van der Waals surface area (Å²) < 4.78 is 5.76. The zero-order valence-electron chi connectivity index (χ0n) is 20.5. The zero-order valence-corrected chi connectivity index (χ0v) is 21.3. The van der Waals surface area contributed by atoms with E-state index >= 15 is 0 Å². The average molecular weight is 503 g/mol. The molecule has 1 saturated heterocycles. The number of hydrogen-bond donors (Lipinski definition) is 2. The molecule has 0 unspecified atom stereocenters. The lowest BCUT2D eigenvalue weighted by Gasteiger charge is -2.19. The van der Waals surface area contributed by atoms with Crippen LogP contribution >= 0.6 is 11.3 Å². The van der Waals surface area contributed by atoms with E-state index in [-0.39, 0.29) is 24.6 Å². The maximum absolute atomic E-state index is 12.5. The number of fused-ring (bicyclic) bond motifs is 1. The number of carbonyl (C=O) groups excluding carboxylic acids is 1. The number of aromatic nitrogens is 1. The Hall–Kier alpha value is -3.25. The number of hydrogen-bond acceptors (Lipinski definition) is 6. The lowest BCUT2D eigenvalue weighted by Crippen LogP contribution is -2.38.